The largest absolute Gasteiger partial charge is 0.446 e. The molecule has 0 radical (unpaired) electrons. The van der Waals surface area contributed by atoms with Crippen molar-refractivity contribution in [2.45, 2.75) is 136 Å². The van der Waals surface area contributed by atoms with E-state index in [1.165, 1.54) is 12.0 Å². The fourth-order valence-electron chi connectivity index (χ4n) is 9.22. The van der Waals surface area contributed by atoms with E-state index in [-0.39, 0.29) is 30.4 Å². The molecule has 0 heterocycles. The molecular weight excluding hydrogens is 610 g/mol. The van der Waals surface area contributed by atoms with Gasteiger partial charge in [-0.15, -0.1) is 0 Å². The zero-order chi connectivity index (χ0) is 35.3. The van der Waals surface area contributed by atoms with Crippen molar-refractivity contribution < 1.29 is 24.5 Å². The summed E-state index contributed by atoms with van der Waals surface area (Å²) in [5.74, 6) is 1.17. The Morgan fingerprint density at radius 3 is 2.51 bits per heavy atom. The molecule has 0 saturated heterocycles. The van der Waals surface area contributed by atoms with Crippen molar-refractivity contribution in [3.8, 4) is 0 Å². The first-order chi connectivity index (χ1) is 23.3. The Balaban J connectivity index is 1.52. The van der Waals surface area contributed by atoms with Gasteiger partial charge in [0.15, 0.2) is 5.78 Å². The number of aliphatic hydroxyl groups excluding tert-OH is 1. The van der Waals surface area contributed by atoms with E-state index in [0.29, 0.717) is 67.5 Å². The lowest BCUT2D eigenvalue weighted by Gasteiger charge is -2.46. The van der Waals surface area contributed by atoms with E-state index in [1.807, 2.05) is 36.4 Å². The third-order valence-corrected chi connectivity index (χ3v) is 12.4. The molecule has 1 amide bonds. The van der Waals surface area contributed by atoms with Crippen LogP contribution in [-0.2, 0) is 11.2 Å². The summed E-state index contributed by atoms with van der Waals surface area (Å²) in [7, 11) is 0. The molecule has 0 aliphatic heterocycles. The number of benzene rings is 2. The number of nitrogens with zero attached hydrogens (tertiary/aromatic N) is 1. The summed E-state index contributed by atoms with van der Waals surface area (Å²) in [6.45, 7) is 13.8. The van der Waals surface area contributed by atoms with Crippen LogP contribution in [0, 0.1) is 23.2 Å². The summed E-state index contributed by atoms with van der Waals surface area (Å²) in [5, 5.41) is 23.8. The Labute approximate surface area is 295 Å². The van der Waals surface area contributed by atoms with E-state index < -0.39 is 17.1 Å². The number of hydrogen-bond donors (Lipinski definition) is 2. The minimum Gasteiger partial charge on any atom is -0.446 e. The minimum atomic E-state index is -1.18. The van der Waals surface area contributed by atoms with Crippen LogP contribution in [0.1, 0.15) is 139 Å². The van der Waals surface area contributed by atoms with Gasteiger partial charge in [-0.1, -0.05) is 95.2 Å². The molecule has 2 bridgehead atoms. The molecule has 6 rings (SSSR count). The van der Waals surface area contributed by atoms with Crippen molar-refractivity contribution in [3.05, 3.63) is 82.4 Å². The topological polar surface area (TPSA) is 87.1 Å². The highest BCUT2D eigenvalue weighted by Gasteiger charge is 2.58. The second kappa shape index (κ2) is 15.9. The first-order valence-electron chi connectivity index (χ1n) is 19.1. The maximum Gasteiger partial charge on any atom is 0.410 e. The van der Waals surface area contributed by atoms with Crippen molar-refractivity contribution in [1.82, 2.24) is 4.90 Å². The number of fused-ring (bicyclic) bond motifs is 8. The lowest BCUT2D eigenvalue weighted by Crippen LogP contribution is -2.54. The molecule has 4 aliphatic carbocycles. The highest BCUT2D eigenvalue weighted by atomic mass is 16.6. The standard InChI is InChI=1S/C43H61NO5/c1-7-24-44(41(47)49-39-25-31(5)16-19-35(39)29(2)3)28-43(48)23-21-38-36-20-17-32(27-37(36)40(46)33-13-9-8-10-14-33)26-34(45)18-15-30(4)12-11-22-42(38,43)6/h8-10,12-14,17,20,27,29,31,34-35,38-39,45,48H,7,11,15-16,18-19,21-26,28H2,1-6H3/t31-,34-,35+,38-,39-,42-,43+/m0/s1. The quantitative estimate of drug-likeness (QED) is 0.216. The van der Waals surface area contributed by atoms with Gasteiger partial charge in [0, 0.05) is 23.1 Å². The van der Waals surface area contributed by atoms with Crippen molar-refractivity contribution >= 4 is 11.9 Å². The van der Waals surface area contributed by atoms with Gasteiger partial charge in [-0.05, 0) is 112 Å². The number of carbonyl (C=O) groups is 2. The van der Waals surface area contributed by atoms with Crippen LogP contribution in [0.15, 0.2) is 60.2 Å². The predicted octanol–water partition coefficient (Wildman–Crippen LogP) is 9.27. The van der Waals surface area contributed by atoms with Gasteiger partial charge >= 0.3 is 6.09 Å². The van der Waals surface area contributed by atoms with Gasteiger partial charge in [0.2, 0.25) is 0 Å². The molecule has 49 heavy (non-hydrogen) atoms. The lowest BCUT2D eigenvalue weighted by molar-refractivity contribution is -0.0862. The molecule has 2 N–H and O–H groups in total. The number of carbonyl (C=O) groups excluding carboxylic acids is 2. The van der Waals surface area contributed by atoms with Gasteiger partial charge in [-0.25, -0.2) is 4.79 Å². The van der Waals surface area contributed by atoms with Crippen LogP contribution in [0.4, 0.5) is 4.79 Å². The van der Waals surface area contributed by atoms with Crippen LogP contribution >= 0.6 is 0 Å². The van der Waals surface area contributed by atoms with E-state index in [4.69, 9.17) is 4.74 Å². The number of allylic oxidation sites excluding steroid dienone is 2. The fraction of sp³-hybridized carbons (Fsp3) is 0.628. The molecular formula is C43H61NO5. The van der Waals surface area contributed by atoms with Gasteiger partial charge in [-0.3, -0.25) is 4.79 Å². The number of amides is 1. The first-order valence-corrected chi connectivity index (χ1v) is 19.1. The van der Waals surface area contributed by atoms with Crippen LogP contribution in [0.3, 0.4) is 0 Å². The number of ketones is 1. The third-order valence-electron chi connectivity index (χ3n) is 12.4. The summed E-state index contributed by atoms with van der Waals surface area (Å²) >= 11 is 0. The van der Waals surface area contributed by atoms with Crippen molar-refractivity contribution in [2.75, 3.05) is 13.1 Å². The molecule has 0 unspecified atom stereocenters. The summed E-state index contributed by atoms with van der Waals surface area (Å²) in [6.07, 6.45) is 9.88. The molecule has 6 heteroatoms. The van der Waals surface area contributed by atoms with E-state index >= 15 is 0 Å². The number of rotatable bonds is 8. The molecule has 2 aromatic carbocycles. The van der Waals surface area contributed by atoms with Crippen LogP contribution in [0.25, 0.3) is 0 Å². The summed E-state index contributed by atoms with van der Waals surface area (Å²) in [6, 6.07) is 15.5. The molecule has 0 aromatic heterocycles. The Kier molecular flexibility index (Phi) is 12.1. The molecule has 6 nitrogen and oxygen atoms in total. The first kappa shape index (κ1) is 37.3. The van der Waals surface area contributed by atoms with Crippen molar-refractivity contribution in [3.63, 3.8) is 0 Å². The van der Waals surface area contributed by atoms with Gasteiger partial charge in [0.1, 0.15) is 6.10 Å². The van der Waals surface area contributed by atoms with E-state index in [2.05, 4.69) is 59.8 Å². The number of ether oxygens (including phenoxy) is 1. The molecule has 0 spiro atoms. The van der Waals surface area contributed by atoms with Gasteiger partial charge in [0.25, 0.3) is 0 Å². The van der Waals surface area contributed by atoms with Gasteiger partial charge in [0.05, 0.1) is 18.2 Å². The molecule has 4 aliphatic rings. The van der Waals surface area contributed by atoms with Crippen molar-refractivity contribution in [2.24, 2.45) is 23.2 Å². The molecule has 7 atom stereocenters. The highest BCUT2D eigenvalue weighted by molar-refractivity contribution is 6.10. The number of hydrogen-bond acceptors (Lipinski definition) is 5. The predicted molar refractivity (Wildman–Crippen MR) is 197 cm³/mol. The average molecular weight is 672 g/mol. The van der Waals surface area contributed by atoms with E-state index in [9.17, 15) is 19.8 Å². The number of aliphatic hydroxyl groups is 2. The Hall–Kier alpha value is -2.96. The fourth-order valence-corrected chi connectivity index (χ4v) is 9.22. The summed E-state index contributed by atoms with van der Waals surface area (Å²) in [4.78, 5) is 30.0. The average Bonchev–Trinajstić information content (AvgIpc) is 3.32. The minimum absolute atomic E-state index is 0.0369. The Morgan fingerprint density at radius 2 is 1.80 bits per heavy atom. The van der Waals surface area contributed by atoms with E-state index in [0.717, 1.165) is 43.2 Å². The summed E-state index contributed by atoms with van der Waals surface area (Å²) < 4.78 is 6.35. The smallest absolute Gasteiger partial charge is 0.410 e. The Morgan fingerprint density at radius 1 is 1.04 bits per heavy atom. The van der Waals surface area contributed by atoms with Crippen LogP contribution < -0.4 is 0 Å². The third kappa shape index (κ3) is 8.34. The van der Waals surface area contributed by atoms with E-state index in [1.54, 1.807) is 4.90 Å². The maximum absolute atomic E-state index is 14.2. The molecule has 2 saturated carbocycles. The van der Waals surface area contributed by atoms with Crippen LogP contribution in [0.5, 0.6) is 0 Å². The second-order valence-electron chi connectivity index (χ2n) is 16.3. The zero-order valence-electron chi connectivity index (χ0n) is 30.9. The maximum atomic E-state index is 14.2. The van der Waals surface area contributed by atoms with Gasteiger partial charge < -0.3 is 19.8 Å². The lowest BCUT2D eigenvalue weighted by atomic mass is 9.64. The Bertz CT molecular complexity index is 1470. The summed E-state index contributed by atoms with van der Waals surface area (Å²) in [5.41, 5.74) is 2.61. The van der Waals surface area contributed by atoms with Crippen molar-refractivity contribution in [1.29, 1.82) is 0 Å². The van der Waals surface area contributed by atoms with Gasteiger partial charge in [-0.2, -0.15) is 0 Å². The second-order valence-corrected chi connectivity index (χ2v) is 16.3. The molecule has 2 fully saturated rings. The molecule has 2 aromatic rings. The zero-order valence-corrected chi connectivity index (χ0v) is 30.9. The normalized spacial score (nSPS) is 30.7. The SMILES string of the molecule is CCCN(C[C@]1(O)CC[C@H]2c3ccc(cc3C(=O)c3ccccc3)C[C@@H](O)CCC(C)=CCC[C@@]21C)C(=O)O[C@H]1C[C@@H](C)CC[C@@H]1C(C)C. The van der Waals surface area contributed by atoms with Crippen LogP contribution in [-0.4, -0.2) is 57.9 Å². The molecule has 268 valence electrons. The highest BCUT2D eigenvalue weighted by Crippen LogP contribution is 2.59. The monoisotopic (exact) mass is 671 g/mol. The van der Waals surface area contributed by atoms with Crippen LogP contribution in [0.2, 0.25) is 0 Å².